The zero-order chi connectivity index (χ0) is 16.9. The van der Waals surface area contributed by atoms with Crippen molar-refractivity contribution in [2.75, 3.05) is 19.6 Å². The molecule has 0 aromatic heterocycles. The van der Waals surface area contributed by atoms with E-state index in [1.54, 1.807) is 0 Å². The third kappa shape index (κ3) is 6.68. The van der Waals surface area contributed by atoms with E-state index in [2.05, 4.69) is 17.6 Å². The van der Waals surface area contributed by atoms with Crippen molar-refractivity contribution >= 4 is 6.09 Å². The van der Waals surface area contributed by atoms with E-state index in [1.807, 2.05) is 25.7 Å². The maximum atomic E-state index is 12.3. The summed E-state index contributed by atoms with van der Waals surface area (Å²) in [5.41, 5.74) is -0.423. The lowest BCUT2D eigenvalue weighted by atomic mass is 10.0. The van der Waals surface area contributed by atoms with Gasteiger partial charge in [-0.2, -0.15) is 0 Å². The Morgan fingerprint density at radius 1 is 1.30 bits per heavy atom. The standard InChI is InChI=1S/C18H35N3O2/c1-14(12-15-9-7-10-19-15)20-16-8-5-6-11-21(13-16)17(22)23-18(2,3)4/h14-16,19-20H,5-13H2,1-4H3. The Morgan fingerprint density at radius 2 is 2.09 bits per heavy atom. The number of hydrogen-bond acceptors (Lipinski definition) is 4. The van der Waals surface area contributed by atoms with Crippen molar-refractivity contribution in [1.82, 2.24) is 15.5 Å². The minimum absolute atomic E-state index is 0.170. The Kier molecular flexibility index (Phi) is 6.72. The minimum atomic E-state index is -0.423. The van der Waals surface area contributed by atoms with Crippen LogP contribution in [0.1, 0.15) is 66.2 Å². The van der Waals surface area contributed by atoms with Crippen LogP contribution in [0.5, 0.6) is 0 Å². The topological polar surface area (TPSA) is 53.6 Å². The highest BCUT2D eigenvalue weighted by atomic mass is 16.6. The Bertz CT molecular complexity index is 375. The Labute approximate surface area is 141 Å². The largest absolute Gasteiger partial charge is 0.444 e. The molecular formula is C18H35N3O2. The summed E-state index contributed by atoms with van der Waals surface area (Å²) in [5, 5.41) is 7.31. The fraction of sp³-hybridized carbons (Fsp3) is 0.944. The van der Waals surface area contributed by atoms with E-state index in [0.29, 0.717) is 18.1 Å². The number of rotatable bonds is 4. The first-order valence-electron chi connectivity index (χ1n) is 9.31. The van der Waals surface area contributed by atoms with Gasteiger partial charge < -0.3 is 20.3 Å². The summed E-state index contributed by atoms with van der Waals surface area (Å²) in [5.74, 6) is 0. The first-order chi connectivity index (χ1) is 10.8. The maximum absolute atomic E-state index is 12.3. The molecule has 2 N–H and O–H groups in total. The molecule has 2 fully saturated rings. The van der Waals surface area contributed by atoms with E-state index in [4.69, 9.17) is 4.74 Å². The smallest absolute Gasteiger partial charge is 0.410 e. The van der Waals surface area contributed by atoms with E-state index in [-0.39, 0.29) is 6.09 Å². The zero-order valence-corrected chi connectivity index (χ0v) is 15.4. The summed E-state index contributed by atoms with van der Waals surface area (Å²) in [6.45, 7) is 10.8. The van der Waals surface area contributed by atoms with Crippen molar-refractivity contribution in [2.45, 2.75) is 89.9 Å². The minimum Gasteiger partial charge on any atom is -0.444 e. The second-order valence-corrected chi connectivity index (χ2v) is 8.22. The van der Waals surface area contributed by atoms with Crippen LogP contribution in [0.25, 0.3) is 0 Å². The van der Waals surface area contributed by atoms with Gasteiger partial charge in [-0.05, 0) is 66.3 Å². The molecule has 2 rings (SSSR count). The first kappa shape index (κ1) is 18.5. The van der Waals surface area contributed by atoms with Crippen LogP contribution >= 0.6 is 0 Å². The molecule has 5 heteroatoms. The lowest BCUT2D eigenvalue weighted by Gasteiger charge is -2.30. The van der Waals surface area contributed by atoms with Gasteiger partial charge in [-0.15, -0.1) is 0 Å². The predicted octanol–water partition coefficient (Wildman–Crippen LogP) is 2.90. The summed E-state index contributed by atoms with van der Waals surface area (Å²) >= 11 is 0. The average Bonchev–Trinajstić information content (AvgIpc) is 2.81. The number of ether oxygens (including phenoxy) is 1. The van der Waals surface area contributed by atoms with Gasteiger partial charge in [0.1, 0.15) is 5.60 Å². The Morgan fingerprint density at radius 3 is 2.74 bits per heavy atom. The lowest BCUT2D eigenvalue weighted by Crippen LogP contribution is -2.47. The van der Waals surface area contributed by atoms with Crippen molar-refractivity contribution in [2.24, 2.45) is 0 Å². The highest BCUT2D eigenvalue weighted by molar-refractivity contribution is 5.68. The fourth-order valence-electron chi connectivity index (χ4n) is 3.63. The molecule has 3 atom stereocenters. The molecule has 2 aliphatic heterocycles. The molecular weight excluding hydrogens is 290 g/mol. The van der Waals surface area contributed by atoms with Gasteiger partial charge in [0.25, 0.3) is 0 Å². The maximum Gasteiger partial charge on any atom is 0.410 e. The number of hydrogen-bond donors (Lipinski definition) is 2. The van der Waals surface area contributed by atoms with Gasteiger partial charge in [0.2, 0.25) is 0 Å². The molecule has 5 nitrogen and oxygen atoms in total. The lowest BCUT2D eigenvalue weighted by molar-refractivity contribution is 0.0241. The number of carbonyl (C=O) groups excluding carboxylic acids is 1. The van der Waals surface area contributed by atoms with Gasteiger partial charge in [0, 0.05) is 31.2 Å². The van der Waals surface area contributed by atoms with Crippen LogP contribution in [-0.4, -0.2) is 54.4 Å². The summed E-state index contributed by atoms with van der Waals surface area (Å²) in [6, 6.07) is 1.51. The van der Waals surface area contributed by atoms with Crippen molar-refractivity contribution in [3.63, 3.8) is 0 Å². The Hall–Kier alpha value is -0.810. The van der Waals surface area contributed by atoms with Gasteiger partial charge in [0.05, 0.1) is 0 Å². The van der Waals surface area contributed by atoms with Crippen LogP contribution < -0.4 is 10.6 Å². The van der Waals surface area contributed by atoms with E-state index >= 15 is 0 Å². The summed E-state index contributed by atoms with van der Waals surface area (Å²) < 4.78 is 5.54. The second-order valence-electron chi connectivity index (χ2n) is 8.22. The van der Waals surface area contributed by atoms with Crippen LogP contribution in [0.2, 0.25) is 0 Å². The normalized spacial score (nSPS) is 27.6. The van der Waals surface area contributed by atoms with Crippen LogP contribution in [0.3, 0.4) is 0 Å². The highest BCUT2D eigenvalue weighted by Crippen LogP contribution is 2.17. The molecule has 0 aromatic carbocycles. The summed E-state index contributed by atoms with van der Waals surface area (Å²) in [7, 11) is 0. The van der Waals surface area contributed by atoms with Gasteiger partial charge in [-0.3, -0.25) is 0 Å². The number of amides is 1. The van der Waals surface area contributed by atoms with Crippen LogP contribution in [-0.2, 0) is 4.74 Å². The highest BCUT2D eigenvalue weighted by Gasteiger charge is 2.27. The summed E-state index contributed by atoms with van der Waals surface area (Å²) in [6.07, 6.45) is 6.97. The summed E-state index contributed by atoms with van der Waals surface area (Å²) in [4.78, 5) is 14.2. The van der Waals surface area contributed by atoms with E-state index in [0.717, 1.165) is 32.5 Å². The number of nitrogens with zero attached hydrogens (tertiary/aromatic N) is 1. The molecule has 2 aliphatic rings. The quantitative estimate of drug-likeness (QED) is 0.834. The number of carbonyl (C=O) groups is 1. The third-order valence-corrected chi connectivity index (χ3v) is 4.64. The van der Waals surface area contributed by atoms with Crippen molar-refractivity contribution < 1.29 is 9.53 Å². The van der Waals surface area contributed by atoms with Crippen molar-refractivity contribution in [1.29, 1.82) is 0 Å². The average molecular weight is 325 g/mol. The molecule has 0 spiro atoms. The molecule has 2 saturated heterocycles. The predicted molar refractivity (Wildman–Crippen MR) is 93.7 cm³/mol. The van der Waals surface area contributed by atoms with Crippen LogP contribution in [0, 0.1) is 0 Å². The Balaban J connectivity index is 1.82. The third-order valence-electron chi connectivity index (χ3n) is 4.64. The van der Waals surface area contributed by atoms with Crippen LogP contribution in [0.4, 0.5) is 4.79 Å². The van der Waals surface area contributed by atoms with Gasteiger partial charge >= 0.3 is 6.09 Å². The first-order valence-corrected chi connectivity index (χ1v) is 9.31. The van der Waals surface area contributed by atoms with E-state index < -0.39 is 5.60 Å². The van der Waals surface area contributed by atoms with Gasteiger partial charge in [0.15, 0.2) is 0 Å². The molecule has 2 heterocycles. The fourth-order valence-corrected chi connectivity index (χ4v) is 3.63. The van der Waals surface area contributed by atoms with Crippen molar-refractivity contribution in [3.8, 4) is 0 Å². The molecule has 23 heavy (non-hydrogen) atoms. The molecule has 134 valence electrons. The molecule has 0 bridgehead atoms. The SMILES string of the molecule is CC(CC1CCCN1)NC1CCCCN(C(=O)OC(C)(C)C)C1. The molecule has 0 saturated carbocycles. The van der Waals surface area contributed by atoms with Gasteiger partial charge in [-0.1, -0.05) is 6.42 Å². The molecule has 0 radical (unpaired) electrons. The second kappa shape index (κ2) is 8.34. The zero-order valence-electron chi connectivity index (χ0n) is 15.4. The molecule has 0 aromatic rings. The number of nitrogens with one attached hydrogen (secondary N) is 2. The van der Waals surface area contributed by atoms with Crippen molar-refractivity contribution in [3.05, 3.63) is 0 Å². The van der Waals surface area contributed by atoms with Gasteiger partial charge in [-0.25, -0.2) is 4.79 Å². The molecule has 1 amide bonds. The molecule has 0 aliphatic carbocycles. The number of likely N-dealkylation sites (tertiary alicyclic amines) is 1. The van der Waals surface area contributed by atoms with E-state index in [1.165, 1.54) is 25.7 Å². The monoisotopic (exact) mass is 325 g/mol. The molecule has 3 unspecified atom stereocenters. The van der Waals surface area contributed by atoms with E-state index in [9.17, 15) is 4.79 Å². The van der Waals surface area contributed by atoms with Crippen LogP contribution in [0.15, 0.2) is 0 Å².